The summed E-state index contributed by atoms with van der Waals surface area (Å²) < 4.78 is 0. The molecule has 4 heterocycles. The SMILES string of the molecule is Cc1cc(C)c2c(N)nc(NC3CC4CCCC(C3)N4)nc2n1. The largest absolute Gasteiger partial charge is 0.383 e. The molecule has 0 aromatic carbocycles. The molecule has 2 aliphatic rings. The number of fused-ring (bicyclic) bond motifs is 3. The first-order valence-electron chi connectivity index (χ1n) is 8.52. The number of anilines is 2. The molecular weight excluding hydrogens is 288 g/mol. The molecule has 122 valence electrons. The molecule has 2 fully saturated rings. The van der Waals surface area contributed by atoms with Crippen LogP contribution in [0.4, 0.5) is 11.8 Å². The lowest BCUT2D eigenvalue weighted by molar-refractivity contribution is 0.230. The normalized spacial score (nSPS) is 27.1. The zero-order valence-electron chi connectivity index (χ0n) is 13.8. The summed E-state index contributed by atoms with van der Waals surface area (Å²) in [7, 11) is 0. The summed E-state index contributed by atoms with van der Waals surface area (Å²) in [5.74, 6) is 1.12. The molecule has 2 aromatic heterocycles. The maximum Gasteiger partial charge on any atom is 0.226 e. The molecule has 2 saturated heterocycles. The van der Waals surface area contributed by atoms with Gasteiger partial charge in [-0.1, -0.05) is 6.42 Å². The van der Waals surface area contributed by atoms with Crippen molar-refractivity contribution >= 4 is 22.8 Å². The Morgan fingerprint density at radius 1 is 1.13 bits per heavy atom. The van der Waals surface area contributed by atoms with Crippen molar-refractivity contribution < 1.29 is 0 Å². The fourth-order valence-corrected chi connectivity index (χ4v) is 4.14. The van der Waals surface area contributed by atoms with E-state index in [1.807, 2.05) is 19.9 Å². The van der Waals surface area contributed by atoms with Gasteiger partial charge in [0.1, 0.15) is 5.82 Å². The maximum atomic E-state index is 6.16. The second-order valence-corrected chi connectivity index (χ2v) is 7.02. The zero-order chi connectivity index (χ0) is 16.0. The number of nitrogens with zero attached hydrogens (tertiary/aromatic N) is 3. The van der Waals surface area contributed by atoms with E-state index in [4.69, 9.17) is 5.73 Å². The number of nitrogens with two attached hydrogens (primary N) is 1. The van der Waals surface area contributed by atoms with Crippen LogP contribution in [0.3, 0.4) is 0 Å². The Morgan fingerprint density at radius 2 is 1.87 bits per heavy atom. The summed E-state index contributed by atoms with van der Waals surface area (Å²) in [6, 6.07) is 3.68. The van der Waals surface area contributed by atoms with Crippen LogP contribution in [0.1, 0.15) is 43.4 Å². The van der Waals surface area contributed by atoms with Gasteiger partial charge in [0, 0.05) is 23.8 Å². The summed E-state index contributed by atoms with van der Waals surface area (Å²) >= 11 is 0. The minimum atomic E-state index is 0.411. The molecule has 0 spiro atoms. The minimum Gasteiger partial charge on any atom is -0.383 e. The van der Waals surface area contributed by atoms with Crippen LogP contribution in [0.15, 0.2) is 6.07 Å². The molecule has 0 amide bonds. The van der Waals surface area contributed by atoms with Gasteiger partial charge in [0.05, 0.1) is 5.39 Å². The van der Waals surface area contributed by atoms with Crippen molar-refractivity contribution in [2.75, 3.05) is 11.1 Å². The monoisotopic (exact) mass is 312 g/mol. The summed E-state index contributed by atoms with van der Waals surface area (Å²) in [6.07, 6.45) is 6.14. The topological polar surface area (TPSA) is 88.8 Å². The maximum absolute atomic E-state index is 6.16. The lowest BCUT2D eigenvalue weighted by Crippen LogP contribution is -2.52. The third kappa shape index (κ3) is 2.83. The van der Waals surface area contributed by atoms with Crippen LogP contribution < -0.4 is 16.4 Å². The Kier molecular flexibility index (Phi) is 3.56. The van der Waals surface area contributed by atoms with Gasteiger partial charge in [-0.05, 0) is 51.2 Å². The number of piperidine rings is 2. The predicted octanol–water partition coefficient (Wildman–Crippen LogP) is 2.31. The van der Waals surface area contributed by atoms with Gasteiger partial charge in [0.15, 0.2) is 5.65 Å². The highest BCUT2D eigenvalue weighted by Gasteiger charge is 2.31. The van der Waals surface area contributed by atoms with Crippen molar-refractivity contribution in [2.45, 2.75) is 64.1 Å². The molecule has 4 N–H and O–H groups in total. The van der Waals surface area contributed by atoms with Gasteiger partial charge in [-0.2, -0.15) is 9.97 Å². The first kappa shape index (κ1) is 14.6. The number of pyridine rings is 1. The van der Waals surface area contributed by atoms with Crippen molar-refractivity contribution in [3.63, 3.8) is 0 Å². The van der Waals surface area contributed by atoms with E-state index in [2.05, 4.69) is 25.6 Å². The minimum absolute atomic E-state index is 0.411. The molecule has 2 atom stereocenters. The van der Waals surface area contributed by atoms with E-state index < -0.39 is 0 Å². The molecule has 2 aromatic rings. The summed E-state index contributed by atoms with van der Waals surface area (Å²) in [5, 5.41) is 8.07. The molecule has 4 rings (SSSR count). The second-order valence-electron chi connectivity index (χ2n) is 7.02. The quantitative estimate of drug-likeness (QED) is 0.788. The molecule has 2 bridgehead atoms. The second kappa shape index (κ2) is 5.60. The fraction of sp³-hybridized carbons (Fsp3) is 0.588. The molecule has 2 aliphatic heterocycles. The third-order valence-corrected chi connectivity index (χ3v) is 5.07. The Morgan fingerprint density at radius 3 is 2.61 bits per heavy atom. The van der Waals surface area contributed by atoms with Gasteiger partial charge in [0.2, 0.25) is 5.95 Å². The average molecular weight is 312 g/mol. The van der Waals surface area contributed by atoms with E-state index in [0.717, 1.165) is 29.5 Å². The Hall–Kier alpha value is -1.95. The third-order valence-electron chi connectivity index (χ3n) is 5.07. The smallest absolute Gasteiger partial charge is 0.226 e. The standard InChI is InChI=1S/C17H24N6/c1-9-6-10(2)19-16-14(9)15(18)22-17(23-16)21-13-7-11-4-3-5-12(8-13)20-11/h6,11-13,20H,3-5,7-8H2,1-2H3,(H3,18,19,21,22,23). The first-order valence-corrected chi connectivity index (χ1v) is 8.52. The lowest BCUT2D eigenvalue weighted by atomic mass is 9.84. The van der Waals surface area contributed by atoms with Crippen molar-refractivity contribution in [3.8, 4) is 0 Å². The Balaban J connectivity index is 1.62. The van der Waals surface area contributed by atoms with E-state index in [-0.39, 0.29) is 0 Å². The number of nitrogen functional groups attached to an aromatic ring is 1. The van der Waals surface area contributed by atoms with Crippen LogP contribution in [0.25, 0.3) is 11.0 Å². The van der Waals surface area contributed by atoms with Crippen LogP contribution >= 0.6 is 0 Å². The van der Waals surface area contributed by atoms with Crippen LogP contribution in [0.5, 0.6) is 0 Å². The van der Waals surface area contributed by atoms with Gasteiger partial charge < -0.3 is 16.4 Å². The fourth-order valence-electron chi connectivity index (χ4n) is 4.14. The molecule has 0 radical (unpaired) electrons. The number of rotatable bonds is 2. The van der Waals surface area contributed by atoms with Gasteiger partial charge in [0.25, 0.3) is 0 Å². The van der Waals surface area contributed by atoms with Crippen LogP contribution in [-0.2, 0) is 0 Å². The summed E-state index contributed by atoms with van der Waals surface area (Å²) in [5.41, 5.74) is 8.88. The van der Waals surface area contributed by atoms with E-state index in [0.29, 0.717) is 35.5 Å². The van der Waals surface area contributed by atoms with E-state index in [1.54, 1.807) is 0 Å². The van der Waals surface area contributed by atoms with Crippen molar-refractivity contribution in [1.29, 1.82) is 0 Å². The Labute approximate surface area is 136 Å². The highest BCUT2D eigenvalue weighted by atomic mass is 15.2. The molecule has 6 nitrogen and oxygen atoms in total. The molecule has 6 heteroatoms. The van der Waals surface area contributed by atoms with Crippen LogP contribution in [-0.4, -0.2) is 33.1 Å². The number of hydrogen-bond acceptors (Lipinski definition) is 6. The first-order chi connectivity index (χ1) is 11.1. The molecular formula is C17H24N6. The van der Waals surface area contributed by atoms with Crippen LogP contribution in [0.2, 0.25) is 0 Å². The van der Waals surface area contributed by atoms with Crippen molar-refractivity contribution in [3.05, 3.63) is 17.3 Å². The van der Waals surface area contributed by atoms with Gasteiger partial charge in [-0.15, -0.1) is 0 Å². The summed E-state index contributed by atoms with van der Waals surface area (Å²) in [4.78, 5) is 13.6. The van der Waals surface area contributed by atoms with Crippen LogP contribution in [0, 0.1) is 13.8 Å². The van der Waals surface area contributed by atoms with Crippen molar-refractivity contribution in [2.24, 2.45) is 0 Å². The average Bonchev–Trinajstić information content (AvgIpc) is 2.45. The van der Waals surface area contributed by atoms with Gasteiger partial charge in [-0.25, -0.2) is 4.98 Å². The van der Waals surface area contributed by atoms with Gasteiger partial charge in [-0.3, -0.25) is 0 Å². The summed E-state index contributed by atoms with van der Waals surface area (Å²) in [6.45, 7) is 4.00. The number of aromatic nitrogens is 3. The molecule has 0 saturated carbocycles. The van der Waals surface area contributed by atoms with Gasteiger partial charge >= 0.3 is 0 Å². The van der Waals surface area contributed by atoms with Crippen molar-refractivity contribution in [1.82, 2.24) is 20.3 Å². The molecule has 23 heavy (non-hydrogen) atoms. The number of nitrogens with one attached hydrogen (secondary N) is 2. The zero-order valence-corrected chi connectivity index (χ0v) is 13.8. The van der Waals surface area contributed by atoms with E-state index in [9.17, 15) is 0 Å². The van der Waals surface area contributed by atoms with E-state index in [1.165, 1.54) is 19.3 Å². The number of aryl methyl sites for hydroxylation is 2. The predicted molar refractivity (Wildman–Crippen MR) is 92.4 cm³/mol. The number of hydrogen-bond donors (Lipinski definition) is 3. The molecule has 0 aliphatic carbocycles. The molecule has 2 unspecified atom stereocenters. The van der Waals surface area contributed by atoms with E-state index >= 15 is 0 Å². The Bertz CT molecular complexity index is 731. The highest BCUT2D eigenvalue weighted by Crippen LogP contribution is 2.28. The highest BCUT2D eigenvalue weighted by molar-refractivity contribution is 5.89. The lowest BCUT2D eigenvalue weighted by Gasteiger charge is -2.40.